The summed E-state index contributed by atoms with van der Waals surface area (Å²) in [4.78, 5) is 16.6. The highest BCUT2D eigenvalue weighted by atomic mass is 32.1. The number of carbonyl (C=O) groups excluding carboxylic acids is 1. The molecule has 2 unspecified atom stereocenters. The number of rotatable bonds is 4. The summed E-state index contributed by atoms with van der Waals surface area (Å²) in [7, 11) is 0. The van der Waals surface area contributed by atoms with Gasteiger partial charge in [-0.15, -0.1) is 11.3 Å². The average Bonchev–Trinajstić information content (AvgIpc) is 2.80. The van der Waals surface area contributed by atoms with Crippen molar-refractivity contribution in [2.24, 2.45) is 5.92 Å². The molecule has 2 rings (SSSR count). The van der Waals surface area contributed by atoms with Crippen molar-refractivity contribution in [1.29, 1.82) is 0 Å². The largest absolute Gasteiger partial charge is 0.353 e. The van der Waals surface area contributed by atoms with Crippen molar-refractivity contribution in [3.63, 3.8) is 0 Å². The van der Waals surface area contributed by atoms with Crippen LogP contribution in [-0.4, -0.2) is 16.9 Å². The lowest BCUT2D eigenvalue weighted by molar-refractivity contribution is -0.121. The molecule has 0 radical (unpaired) electrons. The molecule has 1 N–H and O–H groups in total. The van der Waals surface area contributed by atoms with Crippen LogP contribution in [0.25, 0.3) is 0 Å². The van der Waals surface area contributed by atoms with Crippen LogP contribution in [0.15, 0.2) is 5.38 Å². The summed E-state index contributed by atoms with van der Waals surface area (Å²) in [5, 5.41) is 6.31. The van der Waals surface area contributed by atoms with Crippen LogP contribution in [-0.2, 0) is 11.2 Å². The van der Waals surface area contributed by atoms with E-state index in [4.69, 9.17) is 0 Å². The molecule has 0 aromatic carbocycles. The van der Waals surface area contributed by atoms with Gasteiger partial charge in [0, 0.05) is 17.3 Å². The number of thiazole rings is 1. The molecule has 1 aliphatic rings. The molecular weight excluding hydrogens is 256 g/mol. The van der Waals surface area contributed by atoms with Crippen molar-refractivity contribution in [3.8, 4) is 0 Å². The molecule has 1 aliphatic carbocycles. The molecule has 3 nitrogen and oxygen atoms in total. The molecule has 106 valence electrons. The Bertz CT molecular complexity index is 428. The SMILES string of the molecule is CC(C)c1nc(CC(=O)NC2CCCCC2C)cs1. The number of nitrogens with zero attached hydrogens (tertiary/aromatic N) is 1. The fourth-order valence-electron chi connectivity index (χ4n) is 2.62. The topological polar surface area (TPSA) is 42.0 Å². The second-order valence-electron chi connectivity index (χ2n) is 5.94. The number of nitrogens with one attached hydrogen (secondary N) is 1. The van der Waals surface area contributed by atoms with Gasteiger partial charge in [0.1, 0.15) is 0 Å². The van der Waals surface area contributed by atoms with Gasteiger partial charge in [0.25, 0.3) is 0 Å². The minimum absolute atomic E-state index is 0.124. The highest BCUT2D eigenvalue weighted by Crippen LogP contribution is 2.24. The van der Waals surface area contributed by atoms with Gasteiger partial charge < -0.3 is 5.32 Å². The van der Waals surface area contributed by atoms with E-state index in [1.807, 2.05) is 5.38 Å². The molecule has 1 aromatic heterocycles. The van der Waals surface area contributed by atoms with Gasteiger partial charge in [0.15, 0.2) is 0 Å². The van der Waals surface area contributed by atoms with E-state index in [0.717, 1.165) is 17.1 Å². The second kappa shape index (κ2) is 6.51. The molecule has 0 saturated heterocycles. The van der Waals surface area contributed by atoms with E-state index < -0.39 is 0 Å². The number of aromatic nitrogens is 1. The summed E-state index contributed by atoms with van der Waals surface area (Å²) in [6, 6.07) is 0.365. The minimum Gasteiger partial charge on any atom is -0.353 e. The number of hydrogen-bond acceptors (Lipinski definition) is 3. The van der Waals surface area contributed by atoms with Crippen molar-refractivity contribution in [2.75, 3.05) is 0 Å². The highest BCUT2D eigenvalue weighted by molar-refractivity contribution is 7.09. The van der Waals surface area contributed by atoms with Gasteiger partial charge in [0.05, 0.1) is 17.1 Å². The Labute approximate surface area is 119 Å². The predicted octanol–water partition coefficient (Wildman–Crippen LogP) is 3.50. The van der Waals surface area contributed by atoms with E-state index in [-0.39, 0.29) is 5.91 Å². The number of amides is 1. The molecule has 0 aliphatic heterocycles. The van der Waals surface area contributed by atoms with Gasteiger partial charge in [-0.25, -0.2) is 4.98 Å². The molecular formula is C15H24N2OS. The first-order chi connectivity index (χ1) is 9.06. The zero-order valence-corrected chi connectivity index (χ0v) is 12.9. The van der Waals surface area contributed by atoms with Crippen LogP contribution in [0, 0.1) is 5.92 Å². The molecule has 1 aromatic rings. The quantitative estimate of drug-likeness (QED) is 0.917. The zero-order valence-electron chi connectivity index (χ0n) is 12.1. The van der Waals surface area contributed by atoms with E-state index in [1.54, 1.807) is 11.3 Å². The molecule has 0 bridgehead atoms. The first kappa shape index (κ1) is 14.5. The van der Waals surface area contributed by atoms with Crippen LogP contribution < -0.4 is 5.32 Å². The zero-order chi connectivity index (χ0) is 13.8. The lowest BCUT2D eigenvalue weighted by Crippen LogP contribution is -2.41. The Morgan fingerprint density at radius 1 is 1.47 bits per heavy atom. The lowest BCUT2D eigenvalue weighted by Gasteiger charge is -2.29. The first-order valence-corrected chi connectivity index (χ1v) is 8.18. The number of hydrogen-bond donors (Lipinski definition) is 1. The Morgan fingerprint density at radius 2 is 2.21 bits per heavy atom. The minimum atomic E-state index is 0.124. The maximum Gasteiger partial charge on any atom is 0.226 e. The third-order valence-electron chi connectivity index (χ3n) is 3.86. The van der Waals surface area contributed by atoms with Gasteiger partial charge in [-0.2, -0.15) is 0 Å². The fraction of sp³-hybridized carbons (Fsp3) is 0.733. The summed E-state index contributed by atoms with van der Waals surface area (Å²) >= 11 is 1.66. The normalized spacial score (nSPS) is 23.6. The Morgan fingerprint density at radius 3 is 2.84 bits per heavy atom. The first-order valence-electron chi connectivity index (χ1n) is 7.30. The maximum absolute atomic E-state index is 12.1. The van der Waals surface area contributed by atoms with E-state index in [0.29, 0.717) is 24.3 Å². The molecule has 1 amide bonds. The lowest BCUT2D eigenvalue weighted by atomic mass is 9.86. The van der Waals surface area contributed by atoms with Crippen molar-refractivity contribution < 1.29 is 4.79 Å². The van der Waals surface area contributed by atoms with E-state index in [2.05, 4.69) is 31.1 Å². The Hall–Kier alpha value is -0.900. The average molecular weight is 280 g/mol. The van der Waals surface area contributed by atoms with Crippen LogP contribution in [0.3, 0.4) is 0 Å². The smallest absolute Gasteiger partial charge is 0.226 e. The van der Waals surface area contributed by atoms with Crippen molar-refractivity contribution in [2.45, 2.75) is 64.8 Å². The Kier molecular flexibility index (Phi) is 4.97. The fourth-order valence-corrected chi connectivity index (χ4v) is 3.46. The van der Waals surface area contributed by atoms with Gasteiger partial charge in [0.2, 0.25) is 5.91 Å². The highest BCUT2D eigenvalue weighted by Gasteiger charge is 2.23. The standard InChI is InChI=1S/C15H24N2OS/c1-10(2)15-16-12(9-19-15)8-14(18)17-13-7-5-4-6-11(13)3/h9-11,13H,4-8H2,1-3H3,(H,17,18). The number of carbonyl (C=O) groups is 1. The molecule has 19 heavy (non-hydrogen) atoms. The van der Waals surface area contributed by atoms with Crippen molar-refractivity contribution in [3.05, 3.63) is 16.1 Å². The van der Waals surface area contributed by atoms with Gasteiger partial charge in [-0.3, -0.25) is 4.79 Å². The van der Waals surface area contributed by atoms with Crippen molar-refractivity contribution >= 4 is 17.2 Å². The maximum atomic E-state index is 12.1. The molecule has 4 heteroatoms. The van der Waals surface area contributed by atoms with E-state index in [1.165, 1.54) is 19.3 Å². The van der Waals surface area contributed by atoms with Crippen LogP contribution in [0.4, 0.5) is 0 Å². The second-order valence-corrected chi connectivity index (χ2v) is 6.83. The molecule has 1 saturated carbocycles. The van der Waals surface area contributed by atoms with Crippen LogP contribution >= 0.6 is 11.3 Å². The van der Waals surface area contributed by atoms with Crippen molar-refractivity contribution in [1.82, 2.24) is 10.3 Å². The summed E-state index contributed by atoms with van der Waals surface area (Å²) < 4.78 is 0. The monoisotopic (exact) mass is 280 g/mol. The summed E-state index contributed by atoms with van der Waals surface area (Å²) in [5.41, 5.74) is 0.912. The van der Waals surface area contributed by atoms with E-state index in [9.17, 15) is 4.79 Å². The van der Waals surface area contributed by atoms with Crippen LogP contribution in [0.2, 0.25) is 0 Å². The summed E-state index contributed by atoms with van der Waals surface area (Å²) in [6.45, 7) is 6.50. The van der Waals surface area contributed by atoms with E-state index >= 15 is 0 Å². The van der Waals surface area contributed by atoms with Gasteiger partial charge in [-0.05, 0) is 18.8 Å². The summed E-state index contributed by atoms with van der Waals surface area (Å²) in [6.07, 6.45) is 5.33. The van der Waals surface area contributed by atoms with Gasteiger partial charge >= 0.3 is 0 Å². The summed E-state index contributed by atoms with van der Waals surface area (Å²) in [5.74, 6) is 1.18. The molecule has 0 spiro atoms. The molecule has 2 atom stereocenters. The molecule has 1 heterocycles. The third-order valence-corrected chi connectivity index (χ3v) is 5.06. The third kappa shape index (κ3) is 4.03. The van der Waals surface area contributed by atoms with Gasteiger partial charge in [-0.1, -0.05) is 33.6 Å². The Balaban J connectivity index is 1.86. The molecule has 1 fully saturated rings. The predicted molar refractivity (Wildman–Crippen MR) is 79.5 cm³/mol. The van der Waals surface area contributed by atoms with Crippen LogP contribution in [0.5, 0.6) is 0 Å². The van der Waals surface area contributed by atoms with Crippen LogP contribution in [0.1, 0.15) is 63.1 Å².